The molecule has 4 heteroatoms. The fourth-order valence-corrected chi connectivity index (χ4v) is 0.977. The van der Waals surface area contributed by atoms with Crippen LogP contribution in [0.25, 0.3) is 0 Å². The molecular formula is C9H4Cl2O2. The van der Waals surface area contributed by atoms with Gasteiger partial charge in [0.05, 0.1) is 0 Å². The first kappa shape index (κ1) is 10.0. The van der Waals surface area contributed by atoms with E-state index in [-0.39, 0.29) is 11.1 Å². The van der Waals surface area contributed by atoms with Crippen molar-refractivity contribution in [3.63, 3.8) is 0 Å². The third kappa shape index (κ3) is 2.71. The van der Waals surface area contributed by atoms with Gasteiger partial charge < -0.3 is 0 Å². The molecule has 0 aromatic carbocycles. The van der Waals surface area contributed by atoms with E-state index in [4.69, 9.17) is 23.2 Å². The maximum Gasteiger partial charge on any atom is 0.253 e. The Morgan fingerprint density at radius 2 is 1.38 bits per heavy atom. The van der Waals surface area contributed by atoms with Crippen molar-refractivity contribution in [2.75, 3.05) is 0 Å². The summed E-state index contributed by atoms with van der Waals surface area (Å²) in [6.07, 6.45) is 5.61. The molecule has 0 N–H and O–H groups in total. The number of hydrogen-bond donors (Lipinski definition) is 0. The van der Waals surface area contributed by atoms with E-state index < -0.39 is 10.5 Å². The van der Waals surface area contributed by atoms with E-state index in [2.05, 4.69) is 5.73 Å². The lowest BCUT2D eigenvalue weighted by Gasteiger charge is -1.88. The van der Waals surface area contributed by atoms with Crippen molar-refractivity contribution in [3.05, 3.63) is 41.2 Å². The number of rotatable bonds is 2. The first-order valence-electron chi connectivity index (χ1n) is 3.35. The van der Waals surface area contributed by atoms with Gasteiger partial charge in [0.15, 0.2) is 0 Å². The number of carbonyl (C=O) groups excluding carboxylic acids is 2. The first-order valence-corrected chi connectivity index (χ1v) is 4.11. The molecule has 0 amide bonds. The zero-order chi connectivity index (χ0) is 9.84. The highest BCUT2D eigenvalue weighted by Gasteiger charge is 2.05. The van der Waals surface area contributed by atoms with Gasteiger partial charge in [-0.05, 0) is 47.5 Å². The number of hydrogen-bond acceptors (Lipinski definition) is 2. The summed E-state index contributed by atoms with van der Waals surface area (Å²) in [7, 11) is 0. The van der Waals surface area contributed by atoms with E-state index in [1.54, 1.807) is 0 Å². The van der Waals surface area contributed by atoms with Crippen LogP contribution in [0.3, 0.4) is 0 Å². The second-order valence-corrected chi connectivity index (χ2v) is 2.93. The van der Waals surface area contributed by atoms with Crippen LogP contribution in [0.2, 0.25) is 0 Å². The molecule has 66 valence electrons. The molecule has 1 aliphatic carbocycles. The fourth-order valence-electron chi connectivity index (χ4n) is 0.742. The average Bonchev–Trinajstić information content (AvgIpc) is 2.27. The van der Waals surface area contributed by atoms with Gasteiger partial charge in [-0.2, -0.15) is 0 Å². The Morgan fingerprint density at radius 3 is 1.69 bits per heavy atom. The van der Waals surface area contributed by atoms with Crippen LogP contribution in [-0.2, 0) is 9.59 Å². The van der Waals surface area contributed by atoms with Crippen LogP contribution in [0.5, 0.6) is 0 Å². The Labute approximate surface area is 84.8 Å². The third-order valence-corrected chi connectivity index (χ3v) is 1.81. The molecule has 2 nitrogen and oxygen atoms in total. The van der Waals surface area contributed by atoms with Crippen LogP contribution in [0.1, 0.15) is 0 Å². The minimum absolute atomic E-state index is 0.269. The lowest BCUT2D eigenvalue weighted by Crippen LogP contribution is -1.89. The minimum atomic E-state index is -0.597. The molecule has 0 fully saturated rings. The molecule has 13 heavy (non-hydrogen) atoms. The van der Waals surface area contributed by atoms with Crippen LogP contribution in [0, 0.1) is 0 Å². The minimum Gasteiger partial charge on any atom is -0.276 e. The molecular weight excluding hydrogens is 211 g/mol. The lowest BCUT2D eigenvalue weighted by atomic mass is 10.2. The second kappa shape index (κ2) is 4.24. The van der Waals surface area contributed by atoms with Gasteiger partial charge in [-0.1, -0.05) is 0 Å². The predicted molar refractivity (Wildman–Crippen MR) is 50.5 cm³/mol. The number of halogens is 2. The smallest absolute Gasteiger partial charge is 0.253 e. The van der Waals surface area contributed by atoms with E-state index in [1.807, 2.05) is 0 Å². The molecule has 1 aliphatic rings. The van der Waals surface area contributed by atoms with E-state index in [0.717, 1.165) is 0 Å². The Hall–Kier alpha value is -1.08. The molecule has 0 unspecified atom stereocenters. The monoisotopic (exact) mass is 214 g/mol. The standard InChI is InChI=1S/C9H4Cl2O2/c10-8(12)6-2-1-3-7(5-4-6)9(11)13/h2-5H. The molecule has 0 spiro atoms. The molecule has 0 aromatic heterocycles. The largest absolute Gasteiger partial charge is 0.276 e. The highest BCUT2D eigenvalue weighted by atomic mass is 35.5. The summed E-state index contributed by atoms with van der Waals surface area (Å²) in [5.41, 5.74) is 3.15. The second-order valence-electron chi connectivity index (χ2n) is 2.25. The highest BCUT2D eigenvalue weighted by molar-refractivity contribution is 6.68. The van der Waals surface area contributed by atoms with Gasteiger partial charge in [0.1, 0.15) is 0 Å². The summed E-state index contributed by atoms with van der Waals surface area (Å²) in [4.78, 5) is 21.4. The van der Waals surface area contributed by atoms with Gasteiger partial charge in [-0.25, -0.2) is 0 Å². The summed E-state index contributed by atoms with van der Waals surface area (Å²) >= 11 is 10.4. The topological polar surface area (TPSA) is 34.1 Å². The molecule has 0 saturated heterocycles. The predicted octanol–water partition coefficient (Wildman–Crippen LogP) is 2.09. The molecule has 0 aromatic rings. The summed E-state index contributed by atoms with van der Waals surface area (Å²) < 4.78 is 0. The lowest BCUT2D eigenvalue weighted by molar-refractivity contribution is -0.109. The van der Waals surface area contributed by atoms with Crippen LogP contribution < -0.4 is 0 Å². The van der Waals surface area contributed by atoms with E-state index in [9.17, 15) is 9.59 Å². The maximum atomic E-state index is 10.7. The van der Waals surface area contributed by atoms with Gasteiger partial charge in [0, 0.05) is 11.1 Å². The summed E-state index contributed by atoms with van der Waals surface area (Å²) in [5.74, 6) is 0. The van der Waals surface area contributed by atoms with Gasteiger partial charge >= 0.3 is 0 Å². The fraction of sp³-hybridized carbons (Fsp3) is 0. The van der Waals surface area contributed by atoms with Crippen LogP contribution in [0.15, 0.2) is 41.2 Å². The van der Waals surface area contributed by atoms with E-state index in [1.165, 1.54) is 24.3 Å². The Balaban J connectivity index is 3.08. The number of carbonyl (C=O) groups is 2. The quantitative estimate of drug-likeness (QED) is 0.522. The molecule has 0 atom stereocenters. The van der Waals surface area contributed by atoms with E-state index >= 15 is 0 Å². The van der Waals surface area contributed by atoms with Crippen molar-refractivity contribution in [2.45, 2.75) is 0 Å². The summed E-state index contributed by atoms with van der Waals surface area (Å²) in [6, 6.07) is 0. The van der Waals surface area contributed by atoms with Crippen molar-refractivity contribution in [3.8, 4) is 0 Å². The summed E-state index contributed by atoms with van der Waals surface area (Å²) in [5, 5.41) is -1.19. The Morgan fingerprint density at radius 1 is 1.00 bits per heavy atom. The molecule has 0 heterocycles. The van der Waals surface area contributed by atoms with Crippen molar-refractivity contribution < 1.29 is 9.59 Å². The van der Waals surface area contributed by atoms with Gasteiger partial charge in [0.2, 0.25) is 0 Å². The zero-order valence-corrected chi connectivity index (χ0v) is 7.89. The Bertz CT molecular complexity index is 348. The van der Waals surface area contributed by atoms with Crippen LogP contribution >= 0.6 is 23.2 Å². The van der Waals surface area contributed by atoms with Gasteiger partial charge in [-0.3, -0.25) is 9.59 Å². The highest BCUT2D eigenvalue weighted by Crippen LogP contribution is 2.10. The normalized spacial score (nSPS) is 14.6. The van der Waals surface area contributed by atoms with Crippen molar-refractivity contribution in [1.29, 1.82) is 0 Å². The molecule has 0 saturated carbocycles. The van der Waals surface area contributed by atoms with Crippen LogP contribution in [0.4, 0.5) is 0 Å². The first-order chi connectivity index (χ1) is 6.11. The van der Waals surface area contributed by atoms with Crippen LogP contribution in [-0.4, -0.2) is 10.5 Å². The van der Waals surface area contributed by atoms with Crippen molar-refractivity contribution in [2.24, 2.45) is 0 Å². The van der Waals surface area contributed by atoms with Gasteiger partial charge in [-0.15, -0.1) is 5.73 Å². The maximum absolute atomic E-state index is 10.7. The Kier molecular flexibility index (Phi) is 3.26. The SMILES string of the molecule is O=C(Cl)C1=CC=C(C(=O)Cl)C=C=C1. The van der Waals surface area contributed by atoms with E-state index in [0.29, 0.717) is 0 Å². The molecule has 1 rings (SSSR count). The average molecular weight is 215 g/mol. The van der Waals surface area contributed by atoms with Gasteiger partial charge in [0.25, 0.3) is 10.5 Å². The molecule has 0 bridgehead atoms. The number of allylic oxidation sites excluding steroid dienone is 5. The molecule has 0 aliphatic heterocycles. The zero-order valence-electron chi connectivity index (χ0n) is 6.38. The van der Waals surface area contributed by atoms with Crippen molar-refractivity contribution in [1.82, 2.24) is 0 Å². The van der Waals surface area contributed by atoms with Crippen molar-refractivity contribution >= 4 is 33.7 Å². The third-order valence-electron chi connectivity index (χ3n) is 1.37. The summed E-state index contributed by atoms with van der Waals surface area (Å²) in [6.45, 7) is 0. The molecule has 0 radical (unpaired) electrons.